The SMILES string of the molecule is CC(C)(C)OC(=O)N1c2ccccc2C[C@H]1C(C)(C)O. The Bertz CT molecular complexity index is 511. The summed E-state index contributed by atoms with van der Waals surface area (Å²) in [6.07, 6.45) is 0.230. The summed E-state index contributed by atoms with van der Waals surface area (Å²) in [4.78, 5) is 14.1. The highest BCUT2D eigenvalue weighted by Gasteiger charge is 2.43. The third kappa shape index (κ3) is 2.96. The first-order valence-electron chi connectivity index (χ1n) is 6.92. The van der Waals surface area contributed by atoms with E-state index in [1.54, 1.807) is 18.7 Å². The average molecular weight is 277 g/mol. The van der Waals surface area contributed by atoms with Crippen LogP contribution in [0.2, 0.25) is 0 Å². The molecule has 1 aromatic carbocycles. The standard InChI is InChI=1S/C16H23NO3/c1-15(2,3)20-14(18)17-12-9-7-6-8-11(12)10-13(17)16(4,5)19/h6-9,13,19H,10H2,1-5H3/t13-/m0/s1. The lowest BCUT2D eigenvalue weighted by Crippen LogP contribution is -2.51. The molecule has 0 saturated carbocycles. The first kappa shape index (κ1) is 14.9. The van der Waals surface area contributed by atoms with Gasteiger partial charge in [0.25, 0.3) is 0 Å². The number of nitrogens with zero attached hydrogens (tertiary/aromatic N) is 1. The van der Waals surface area contributed by atoms with Gasteiger partial charge in [0.1, 0.15) is 5.60 Å². The van der Waals surface area contributed by atoms with Gasteiger partial charge in [-0.2, -0.15) is 0 Å². The Labute approximate surface area is 120 Å². The zero-order chi connectivity index (χ0) is 15.1. The Morgan fingerprint density at radius 3 is 2.40 bits per heavy atom. The van der Waals surface area contributed by atoms with Crippen LogP contribution in [0.5, 0.6) is 0 Å². The van der Waals surface area contributed by atoms with Gasteiger partial charge in [0.05, 0.1) is 17.3 Å². The minimum Gasteiger partial charge on any atom is -0.443 e. The third-order valence-electron chi connectivity index (χ3n) is 3.38. The number of rotatable bonds is 1. The Morgan fingerprint density at radius 2 is 1.85 bits per heavy atom. The number of hydrogen-bond acceptors (Lipinski definition) is 3. The molecule has 4 nitrogen and oxygen atoms in total. The van der Waals surface area contributed by atoms with Gasteiger partial charge in [0, 0.05) is 0 Å². The molecule has 0 spiro atoms. The highest BCUT2D eigenvalue weighted by Crippen LogP contribution is 2.37. The van der Waals surface area contributed by atoms with E-state index in [1.165, 1.54) is 0 Å². The van der Waals surface area contributed by atoms with Crippen LogP contribution in [0.15, 0.2) is 24.3 Å². The third-order valence-corrected chi connectivity index (χ3v) is 3.38. The number of aliphatic hydroxyl groups is 1. The second-order valence-electron chi connectivity index (χ2n) is 6.85. The van der Waals surface area contributed by atoms with E-state index in [1.807, 2.05) is 45.0 Å². The summed E-state index contributed by atoms with van der Waals surface area (Å²) in [6, 6.07) is 7.40. The molecule has 1 aliphatic heterocycles. The maximum absolute atomic E-state index is 12.5. The van der Waals surface area contributed by atoms with Gasteiger partial charge in [-0.25, -0.2) is 4.79 Å². The van der Waals surface area contributed by atoms with Crippen molar-refractivity contribution >= 4 is 11.8 Å². The molecule has 0 bridgehead atoms. The molecule has 0 unspecified atom stereocenters. The second-order valence-corrected chi connectivity index (χ2v) is 6.85. The number of ether oxygens (including phenoxy) is 1. The molecule has 1 heterocycles. The van der Waals surface area contributed by atoms with Crippen molar-refractivity contribution in [2.24, 2.45) is 0 Å². The van der Waals surface area contributed by atoms with Crippen LogP contribution in [0.4, 0.5) is 10.5 Å². The van der Waals surface area contributed by atoms with Crippen LogP contribution in [0.3, 0.4) is 0 Å². The van der Waals surface area contributed by atoms with Crippen molar-refractivity contribution < 1.29 is 14.6 Å². The lowest BCUT2D eigenvalue weighted by molar-refractivity contribution is 0.0320. The van der Waals surface area contributed by atoms with Crippen molar-refractivity contribution in [3.05, 3.63) is 29.8 Å². The molecule has 1 aliphatic rings. The molecule has 1 aromatic rings. The quantitative estimate of drug-likeness (QED) is 0.858. The van der Waals surface area contributed by atoms with E-state index in [0.29, 0.717) is 6.42 Å². The summed E-state index contributed by atoms with van der Waals surface area (Å²) in [5.41, 5.74) is 0.341. The highest BCUT2D eigenvalue weighted by molar-refractivity contribution is 5.91. The molecule has 0 aromatic heterocycles. The van der Waals surface area contributed by atoms with Crippen LogP contribution in [0.25, 0.3) is 0 Å². The van der Waals surface area contributed by atoms with E-state index >= 15 is 0 Å². The molecule has 110 valence electrons. The number of anilines is 1. The van der Waals surface area contributed by atoms with Crippen LogP contribution < -0.4 is 4.90 Å². The number of para-hydroxylation sites is 1. The molecule has 1 N–H and O–H groups in total. The van der Waals surface area contributed by atoms with E-state index in [2.05, 4.69) is 0 Å². The maximum Gasteiger partial charge on any atom is 0.415 e. The average Bonchev–Trinajstić information content (AvgIpc) is 2.65. The number of carbonyl (C=O) groups excluding carboxylic acids is 1. The fraction of sp³-hybridized carbons (Fsp3) is 0.562. The van der Waals surface area contributed by atoms with Gasteiger partial charge in [-0.1, -0.05) is 18.2 Å². The number of benzene rings is 1. The Balaban J connectivity index is 2.37. The van der Waals surface area contributed by atoms with Crippen molar-refractivity contribution in [3.63, 3.8) is 0 Å². The Hall–Kier alpha value is -1.55. The van der Waals surface area contributed by atoms with Crippen LogP contribution in [0, 0.1) is 0 Å². The molecular weight excluding hydrogens is 254 g/mol. The lowest BCUT2D eigenvalue weighted by Gasteiger charge is -2.35. The monoisotopic (exact) mass is 277 g/mol. The molecule has 0 aliphatic carbocycles. The van der Waals surface area contributed by atoms with Gasteiger partial charge in [0.2, 0.25) is 0 Å². The van der Waals surface area contributed by atoms with Crippen molar-refractivity contribution in [2.75, 3.05) is 4.90 Å². The maximum atomic E-state index is 12.5. The van der Waals surface area contributed by atoms with Gasteiger partial charge < -0.3 is 9.84 Å². The zero-order valence-corrected chi connectivity index (χ0v) is 12.8. The number of carbonyl (C=O) groups is 1. The summed E-state index contributed by atoms with van der Waals surface area (Å²) in [6.45, 7) is 8.96. The van der Waals surface area contributed by atoms with Gasteiger partial charge in [-0.3, -0.25) is 4.90 Å². The molecule has 2 rings (SSSR count). The highest BCUT2D eigenvalue weighted by atomic mass is 16.6. The lowest BCUT2D eigenvalue weighted by atomic mass is 9.95. The van der Waals surface area contributed by atoms with Crippen LogP contribution in [0.1, 0.15) is 40.2 Å². The van der Waals surface area contributed by atoms with Gasteiger partial charge >= 0.3 is 6.09 Å². The molecule has 20 heavy (non-hydrogen) atoms. The molecule has 1 amide bonds. The normalized spacial score (nSPS) is 18.9. The smallest absolute Gasteiger partial charge is 0.415 e. The Morgan fingerprint density at radius 1 is 1.25 bits per heavy atom. The summed E-state index contributed by atoms with van der Waals surface area (Å²) in [5, 5.41) is 10.4. The fourth-order valence-corrected chi connectivity index (χ4v) is 2.49. The molecular formula is C16H23NO3. The van der Waals surface area contributed by atoms with Crippen LogP contribution in [-0.2, 0) is 11.2 Å². The van der Waals surface area contributed by atoms with E-state index in [9.17, 15) is 9.90 Å². The van der Waals surface area contributed by atoms with Crippen LogP contribution in [-0.4, -0.2) is 28.4 Å². The van der Waals surface area contributed by atoms with E-state index in [4.69, 9.17) is 4.74 Å². The van der Waals surface area contributed by atoms with Gasteiger partial charge in [-0.05, 0) is 52.7 Å². The minimum absolute atomic E-state index is 0.310. The molecule has 1 atom stereocenters. The number of fused-ring (bicyclic) bond motifs is 1. The predicted molar refractivity (Wildman–Crippen MR) is 78.9 cm³/mol. The summed E-state index contributed by atoms with van der Waals surface area (Å²) in [5.74, 6) is 0. The number of amides is 1. The van der Waals surface area contributed by atoms with E-state index in [0.717, 1.165) is 11.3 Å². The molecule has 0 saturated heterocycles. The Kier molecular flexibility index (Phi) is 3.54. The van der Waals surface area contributed by atoms with Crippen molar-refractivity contribution in [3.8, 4) is 0 Å². The van der Waals surface area contributed by atoms with Crippen molar-refractivity contribution in [1.29, 1.82) is 0 Å². The molecule has 0 fully saturated rings. The summed E-state index contributed by atoms with van der Waals surface area (Å²) >= 11 is 0. The second kappa shape index (κ2) is 4.77. The zero-order valence-electron chi connectivity index (χ0n) is 12.8. The van der Waals surface area contributed by atoms with Gasteiger partial charge in [0.15, 0.2) is 0 Å². The van der Waals surface area contributed by atoms with Crippen molar-refractivity contribution in [1.82, 2.24) is 0 Å². The topological polar surface area (TPSA) is 49.8 Å². The number of hydrogen-bond donors (Lipinski definition) is 1. The first-order valence-corrected chi connectivity index (χ1v) is 6.92. The first-order chi connectivity index (χ1) is 9.09. The van der Waals surface area contributed by atoms with E-state index < -0.39 is 17.3 Å². The van der Waals surface area contributed by atoms with E-state index in [-0.39, 0.29) is 6.04 Å². The molecule has 0 radical (unpaired) electrons. The predicted octanol–water partition coefficient (Wildman–Crippen LogP) is 3.12. The van der Waals surface area contributed by atoms with Gasteiger partial charge in [-0.15, -0.1) is 0 Å². The summed E-state index contributed by atoms with van der Waals surface area (Å²) < 4.78 is 5.48. The fourth-order valence-electron chi connectivity index (χ4n) is 2.49. The largest absolute Gasteiger partial charge is 0.443 e. The van der Waals surface area contributed by atoms with Crippen molar-refractivity contribution in [2.45, 2.75) is 58.3 Å². The summed E-state index contributed by atoms with van der Waals surface area (Å²) in [7, 11) is 0. The molecule has 4 heteroatoms. The van der Waals surface area contributed by atoms with Crippen LogP contribution >= 0.6 is 0 Å². The minimum atomic E-state index is -0.990.